The van der Waals surface area contributed by atoms with Crippen LogP contribution in [0.5, 0.6) is 5.75 Å². The maximum atomic E-state index is 14.3. The predicted molar refractivity (Wildman–Crippen MR) is 115 cm³/mol. The number of carbonyl (C=O) groups excluding carboxylic acids is 2. The summed E-state index contributed by atoms with van der Waals surface area (Å²) in [4.78, 5) is 37.3. The standard InChI is InChI=1S/C24H19FN2O6/c1-32-21(28)13-26-23(17-8-5-9-19(27(30)31)22(17)24(26)29)18-12-16(25)10-11-20(18)33-14-15-6-3-2-4-7-15/h2-12,23H,13-14H2,1H3. The van der Waals surface area contributed by atoms with Crippen LogP contribution < -0.4 is 4.74 Å². The van der Waals surface area contributed by atoms with Gasteiger partial charge in [0.2, 0.25) is 0 Å². The van der Waals surface area contributed by atoms with E-state index in [1.165, 1.54) is 37.4 Å². The summed E-state index contributed by atoms with van der Waals surface area (Å²) in [6, 6.07) is 16.4. The normalized spacial score (nSPS) is 14.7. The van der Waals surface area contributed by atoms with Crippen molar-refractivity contribution in [1.82, 2.24) is 4.90 Å². The molecule has 33 heavy (non-hydrogen) atoms. The summed E-state index contributed by atoms with van der Waals surface area (Å²) in [6.45, 7) is -0.292. The van der Waals surface area contributed by atoms with E-state index < -0.39 is 40.9 Å². The Morgan fingerprint density at radius 2 is 1.85 bits per heavy atom. The number of halogens is 1. The van der Waals surface area contributed by atoms with Crippen LogP contribution in [-0.2, 0) is 16.1 Å². The molecule has 3 aromatic rings. The monoisotopic (exact) mass is 450 g/mol. The van der Waals surface area contributed by atoms with Crippen molar-refractivity contribution in [3.8, 4) is 5.75 Å². The number of methoxy groups -OCH3 is 1. The summed E-state index contributed by atoms with van der Waals surface area (Å²) >= 11 is 0. The highest BCUT2D eigenvalue weighted by atomic mass is 19.1. The van der Waals surface area contributed by atoms with Crippen LogP contribution in [0.2, 0.25) is 0 Å². The number of amides is 1. The van der Waals surface area contributed by atoms with E-state index in [1.807, 2.05) is 30.3 Å². The van der Waals surface area contributed by atoms with Crippen LogP contribution in [0.4, 0.5) is 10.1 Å². The molecule has 1 unspecified atom stereocenters. The molecule has 0 aromatic heterocycles. The first kappa shape index (κ1) is 21.9. The van der Waals surface area contributed by atoms with Gasteiger partial charge >= 0.3 is 5.97 Å². The van der Waals surface area contributed by atoms with Crippen molar-refractivity contribution < 1.29 is 28.4 Å². The number of carbonyl (C=O) groups is 2. The van der Waals surface area contributed by atoms with Gasteiger partial charge in [0.1, 0.15) is 30.3 Å². The van der Waals surface area contributed by atoms with Crippen molar-refractivity contribution in [3.63, 3.8) is 0 Å². The molecule has 9 heteroatoms. The number of rotatable bonds is 7. The van der Waals surface area contributed by atoms with Gasteiger partial charge in [0.15, 0.2) is 0 Å². The second-order valence-electron chi connectivity index (χ2n) is 7.37. The lowest BCUT2D eigenvalue weighted by Crippen LogP contribution is -2.34. The molecule has 0 aliphatic carbocycles. The number of nitro benzene ring substituents is 1. The molecule has 168 valence electrons. The van der Waals surface area contributed by atoms with Crippen molar-refractivity contribution in [3.05, 3.63) is 105 Å². The zero-order chi connectivity index (χ0) is 23.5. The van der Waals surface area contributed by atoms with E-state index in [2.05, 4.69) is 0 Å². The van der Waals surface area contributed by atoms with E-state index in [4.69, 9.17) is 9.47 Å². The van der Waals surface area contributed by atoms with E-state index in [1.54, 1.807) is 6.07 Å². The first-order chi connectivity index (χ1) is 15.9. The van der Waals surface area contributed by atoms with Crippen molar-refractivity contribution >= 4 is 17.6 Å². The highest BCUT2D eigenvalue weighted by Gasteiger charge is 2.44. The Morgan fingerprint density at radius 3 is 2.55 bits per heavy atom. The van der Waals surface area contributed by atoms with Crippen molar-refractivity contribution in [2.75, 3.05) is 13.7 Å². The first-order valence-electron chi connectivity index (χ1n) is 10.0. The minimum atomic E-state index is -0.979. The van der Waals surface area contributed by atoms with E-state index in [0.29, 0.717) is 0 Å². The molecule has 0 spiro atoms. The number of fused-ring (bicyclic) bond motifs is 1. The fourth-order valence-electron chi connectivity index (χ4n) is 3.90. The number of hydrogen-bond acceptors (Lipinski definition) is 6. The molecule has 0 saturated carbocycles. The molecule has 1 amide bonds. The number of nitrogens with zero attached hydrogens (tertiary/aromatic N) is 2. The predicted octanol–water partition coefficient (Wildman–Crippen LogP) is 4.03. The summed E-state index contributed by atoms with van der Waals surface area (Å²) < 4.78 is 25.0. The molecule has 8 nitrogen and oxygen atoms in total. The lowest BCUT2D eigenvalue weighted by Gasteiger charge is -2.26. The van der Waals surface area contributed by atoms with Gasteiger partial charge < -0.3 is 14.4 Å². The van der Waals surface area contributed by atoms with Gasteiger partial charge in [0.05, 0.1) is 18.1 Å². The average molecular weight is 450 g/mol. The van der Waals surface area contributed by atoms with Gasteiger partial charge in [-0.25, -0.2) is 4.39 Å². The van der Waals surface area contributed by atoms with E-state index in [-0.39, 0.29) is 29.0 Å². The van der Waals surface area contributed by atoms with Crippen molar-refractivity contribution in [2.24, 2.45) is 0 Å². The molecule has 1 atom stereocenters. The summed E-state index contributed by atoms with van der Waals surface area (Å²) in [6.07, 6.45) is 0. The van der Waals surface area contributed by atoms with Gasteiger partial charge in [0, 0.05) is 11.6 Å². The van der Waals surface area contributed by atoms with E-state index >= 15 is 0 Å². The fraction of sp³-hybridized carbons (Fsp3) is 0.167. The van der Waals surface area contributed by atoms with Crippen molar-refractivity contribution in [1.29, 1.82) is 0 Å². The average Bonchev–Trinajstić information content (AvgIpc) is 3.10. The maximum absolute atomic E-state index is 14.3. The highest BCUT2D eigenvalue weighted by molar-refractivity contribution is 6.04. The minimum Gasteiger partial charge on any atom is -0.489 e. The highest BCUT2D eigenvalue weighted by Crippen LogP contribution is 2.45. The van der Waals surface area contributed by atoms with Gasteiger partial charge in [-0.2, -0.15) is 0 Å². The van der Waals surface area contributed by atoms with Crippen LogP contribution >= 0.6 is 0 Å². The topological polar surface area (TPSA) is 99.0 Å². The SMILES string of the molecule is COC(=O)CN1C(=O)c2c(cccc2[N+](=O)[O-])C1c1cc(F)ccc1OCc1ccccc1. The molecule has 1 heterocycles. The van der Waals surface area contributed by atoms with Gasteiger partial charge in [-0.15, -0.1) is 0 Å². The smallest absolute Gasteiger partial charge is 0.325 e. The van der Waals surface area contributed by atoms with Crippen LogP contribution in [0.3, 0.4) is 0 Å². The summed E-state index contributed by atoms with van der Waals surface area (Å²) in [5, 5.41) is 11.6. The van der Waals surface area contributed by atoms with Gasteiger partial charge in [-0.1, -0.05) is 42.5 Å². The number of ether oxygens (including phenoxy) is 2. The molecule has 0 N–H and O–H groups in total. The van der Waals surface area contributed by atoms with Crippen molar-refractivity contribution in [2.45, 2.75) is 12.6 Å². The molecule has 0 bridgehead atoms. The Kier molecular flexibility index (Phi) is 6.03. The number of benzene rings is 3. The summed E-state index contributed by atoms with van der Waals surface area (Å²) in [5.74, 6) is -1.73. The fourth-order valence-corrected chi connectivity index (χ4v) is 3.90. The lowest BCUT2D eigenvalue weighted by atomic mass is 9.96. The summed E-state index contributed by atoms with van der Waals surface area (Å²) in [5.41, 5.74) is 0.890. The third kappa shape index (κ3) is 4.25. The van der Waals surface area contributed by atoms with E-state index in [9.17, 15) is 24.1 Å². The molecule has 0 saturated heterocycles. The Labute approximate surface area is 188 Å². The molecular formula is C24H19FN2O6. The van der Waals surface area contributed by atoms with Crippen LogP contribution in [0.15, 0.2) is 66.7 Å². The van der Waals surface area contributed by atoms with Gasteiger partial charge in [-0.3, -0.25) is 19.7 Å². The van der Waals surface area contributed by atoms with Crippen LogP contribution in [0.1, 0.15) is 33.1 Å². The molecule has 1 aliphatic heterocycles. The molecule has 0 radical (unpaired) electrons. The minimum absolute atomic E-state index is 0.144. The second-order valence-corrected chi connectivity index (χ2v) is 7.37. The maximum Gasteiger partial charge on any atom is 0.325 e. The van der Waals surface area contributed by atoms with Gasteiger partial charge in [-0.05, 0) is 29.3 Å². The van der Waals surface area contributed by atoms with Crippen LogP contribution in [-0.4, -0.2) is 35.4 Å². The molecule has 4 rings (SSSR count). The first-order valence-corrected chi connectivity index (χ1v) is 10.0. The molecule has 3 aromatic carbocycles. The van der Waals surface area contributed by atoms with Crippen LogP contribution in [0, 0.1) is 15.9 Å². The van der Waals surface area contributed by atoms with E-state index in [0.717, 1.165) is 10.5 Å². The summed E-state index contributed by atoms with van der Waals surface area (Å²) in [7, 11) is 1.17. The lowest BCUT2D eigenvalue weighted by molar-refractivity contribution is -0.385. The van der Waals surface area contributed by atoms with Gasteiger partial charge in [0.25, 0.3) is 11.6 Å². The Bertz CT molecular complexity index is 1230. The number of hydrogen-bond donors (Lipinski definition) is 0. The number of nitro groups is 1. The van der Waals surface area contributed by atoms with Crippen LogP contribution in [0.25, 0.3) is 0 Å². The Balaban J connectivity index is 1.82. The molecular weight excluding hydrogens is 431 g/mol. The Hall–Kier alpha value is -4.27. The Morgan fingerprint density at radius 1 is 1.09 bits per heavy atom. The quantitative estimate of drug-likeness (QED) is 0.306. The molecule has 0 fully saturated rings. The molecule has 1 aliphatic rings. The zero-order valence-electron chi connectivity index (χ0n) is 17.6. The zero-order valence-corrected chi connectivity index (χ0v) is 17.6. The third-order valence-electron chi connectivity index (χ3n) is 5.38. The second kappa shape index (κ2) is 9.07. The number of esters is 1. The third-order valence-corrected chi connectivity index (χ3v) is 5.38. The largest absolute Gasteiger partial charge is 0.489 e.